The normalized spacial score (nSPS) is 20.1. The van der Waals surface area contributed by atoms with E-state index in [-0.39, 0.29) is 18.9 Å². The number of hydrogen-bond donors (Lipinski definition) is 1. The Balaban J connectivity index is 2.17. The molecule has 1 heterocycles. The quantitative estimate of drug-likeness (QED) is 0.645. The minimum Gasteiger partial charge on any atom is -0.489 e. The van der Waals surface area contributed by atoms with Gasteiger partial charge in [-0.1, -0.05) is 18.7 Å². The minimum absolute atomic E-state index is 0.0938. The van der Waals surface area contributed by atoms with Crippen LogP contribution in [-0.2, 0) is 10.3 Å². The molecule has 3 amide bonds. The Morgan fingerprint density at radius 1 is 1.39 bits per heavy atom. The molecule has 0 bridgehead atoms. The van der Waals surface area contributed by atoms with Crippen LogP contribution in [0, 0.1) is 11.3 Å². The summed E-state index contributed by atoms with van der Waals surface area (Å²) < 4.78 is 5.52. The van der Waals surface area contributed by atoms with Crippen molar-refractivity contribution in [3.8, 4) is 11.8 Å². The number of nitriles is 1. The molecule has 1 aromatic rings. The van der Waals surface area contributed by atoms with Crippen molar-refractivity contribution in [3.05, 3.63) is 42.0 Å². The van der Waals surface area contributed by atoms with Gasteiger partial charge in [0.15, 0.2) is 0 Å². The molecule has 1 aliphatic heterocycles. The number of amides is 3. The van der Waals surface area contributed by atoms with E-state index < -0.39 is 11.6 Å². The molecule has 0 aromatic heterocycles. The van der Waals surface area contributed by atoms with Gasteiger partial charge in [-0.3, -0.25) is 9.69 Å². The maximum Gasteiger partial charge on any atom is 0.325 e. The first kappa shape index (κ1) is 16.6. The van der Waals surface area contributed by atoms with Crippen molar-refractivity contribution in [2.75, 3.05) is 13.2 Å². The van der Waals surface area contributed by atoms with Gasteiger partial charge >= 0.3 is 6.03 Å². The van der Waals surface area contributed by atoms with E-state index in [0.29, 0.717) is 17.9 Å². The number of benzene rings is 1. The summed E-state index contributed by atoms with van der Waals surface area (Å²) in [6, 6.07) is 8.46. The van der Waals surface area contributed by atoms with Crippen LogP contribution in [0.25, 0.3) is 0 Å². The van der Waals surface area contributed by atoms with E-state index in [4.69, 9.17) is 10.00 Å². The van der Waals surface area contributed by atoms with Gasteiger partial charge in [0.05, 0.1) is 12.5 Å². The number of ether oxygens (including phenoxy) is 1. The lowest BCUT2D eigenvalue weighted by atomic mass is 9.92. The van der Waals surface area contributed by atoms with Gasteiger partial charge in [-0.05, 0) is 37.1 Å². The second-order valence-electron chi connectivity index (χ2n) is 5.69. The van der Waals surface area contributed by atoms with Gasteiger partial charge in [-0.25, -0.2) is 4.79 Å². The highest BCUT2D eigenvalue weighted by Gasteiger charge is 2.48. The third kappa shape index (κ3) is 3.34. The van der Waals surface area contributed by atoms with Gasteiger partial charge in [0, 0.05) is 6.54 Å². The van der Waals surface area contributed by atoms with E-state index >= 15 is 0 Å². The summed E-state index contributed by atoms with van der Waals surface area (Å²) in [7, 11) is 0. The van der Waals surface area contributed by atoms with E-state index in [9.17, 15) is 9.59 Å². The molecule has 0 radical (unpaired) electrons. The number of rotatable bonds is 6. The monoisotopic (exact) mass is 313 g/mol. The molecule has 2 rings (SSSR count). The van der Waals surface area contributed by atoms with Crippen LogP contribution in [0.4, 0.5) is 4.79 Å². The smallest absolute Gasteiger partial charge is 0.325 e. The standard InChI is InChI=1S/C17H19N3O3/c1-12(2)11-23-14-7-5-13(6-8-14)17(3)15(21)20(10-4-9-18)16(22)19-17/h5-8H,1,4,10-11H2,2-3H3,(H,19,22). The third-order valence-corrected chi connectivity index (χ3v) is 3.64. The average Bonchev–Trinajstić information content (AvgIpc) is 2.74. The minimum atomic E-state index is -1.13. The summed E-state index contributed by atoms with van der Waals surface area (Å²) in [6.07, 6.45) is 0.114. The predicted molar refractivity (Wildman–Crippen MR) is 84.6 cm³/mol. The molecule has 6 heteroatoms. The molecule has 1 N–H and O–H groups in total. The van der Waals surface area contributed by atoms with E-state index in [2.05, 4.69) is 11.9 Å². The second kappa shape index (κ2) is 6.53. The zero-order valence-electron chi connectivity index (χ0n) is 13.3. The second-order valence-corrected chi connectivity index (χ2v) is 5.69. The Morgan fingerprint density at radius 2 is 2.04 bits per heavy atom. The van der Waals surface area contributed by atoms with E-state index in [1.165, 1.54) is 0 Å². The molecule has 1 aromatic carbocycles. The molecule has 1 saturated heterocycles. The highest BCUT2D eigenvalue weighted by Crippen LogP contribution is 2.30. The topological polar surface area (TPSA) is 82.4 Å². The number of imide groups is 1. The Kier molecular flexibility index (Phi) is 4.70. The van der Waals surface area contributed by atoms with Gasteiger partial charge in [0.25, 0.3) is 5.91 Å². The lowest BCUT2D eigenvalue weighted by Gasteiger charge is -2.22. The van der Waals surface area contributed by atoms with E-state index in [0.717, 1.165) is 10.5 Å². The van der Waals surface area contributed by atoms with Gasteiger partial charge < -0.3 is 10.1 Å². The fourth-order valence-corrected chi connectivity index (χ4v) is 2.35. The van der Waals surface area contributed by atoms with Gasteiger partial charge in [0.2, 0.25) is 0 Å². The van der Waals surface area contributed by atoms with Gasteiger partial charge in [0.1, 0.15) is 17.9 Å². The van der Waals surface area contributed by atoms with Crippen LogP contribution in [-0.4, -0.2) is 30.0 Å². The maximum absolute atomic E-state index is 12.5. The molecule has 23 heavy (non-hydrogen) atoms. The molecule has 1 unspecified atom stereocenters. The fourth-order valence-electron chi connectivity index (χ4n) is 2.35. The molecule has 0 saturated carbocycles. The fraction of sp³-hybridized carbons (Fsp3) is 0.353. The Hall–Kier alpha value is -2.81. The first-order chi connectivity index (χ1) is 10.9. The van der Waals surface area contributed by atoms with Crippen molar-refractivity contribution in [2.45, 2.75) is 25.8 Å². The number of hydrogen-bond acceptors (Lipinski definition) is 4. The molecule has 0 spiro atoms. The highest BCUT2D eigenvalue weighted by molar-refractivity contribution is 6.07. The summed E-state index contributed by atoms with van der Waals surface area (Å²) >= 11 is 0. The molecular formula is C17H19N3O3. The number of carbonyl (C=O) groups is 2. The van der Waals surface area contributed by atoms with Crippen LogP contribution in [0.2, 0.25) is 0 Å². The molecule has 0 aliphatic carbocycles. The number of nitrogens with one attached hydrogen (secondary N) is 1. The van der Waals surface area contributed by atoms with Crippen LogP contribution in [0.3, 0.4) is 0 Å². The van der Waals surface area contributed by atoms with Gasteiger partial charge in [-0.2, -0.15) is 5.26 Å². The van der Waals surface area contributed by atoms with Crippen LogP contribution >= 0.6 is 0 Å². The molecule has 1 fully saturated rings. The molecule has 1 aliphatic rings. The number of urea groups is 1. The zero-order chi connectivity index (χ0) is 17.0. The van der Waals surface area contributed by atoms with Crippen LogP contribution in [0.1, 0.15) is 25.8 Å². The molecule has 6 nitrogen and oxygen atoms in total. The van der Waals surface area contributed by atoms with Crippen molar-refractivity contribution in [1.82, 2.24) is 10.2 Å². The van der Waals surface area contributed by atoms with Crippen LogP contribution < -0.4 is 10.1 Å². The molecule has 120 valence electrons. The number of carbonyl (C=O) groups excluding carboxylic acids is 2. The van der Waals surface area contributed by atoms with Crippen LogP contribution in [0.15, 0.2) is 36.4 Å². The predicted octanol–water partition coefficient (Wildman–Crippen LogP) is 2.32. The highest BCUT2D eigenvalue weighted by atomic mass is 16.5. The maximum atomic E-state index is 12.5. The summed E-state index contributed by atoms with van der Waals surface area (Å²) in [4.78, 5) is 25.6. The number of nitrogens with zero attached hydrogens (tertiary/aromatic N) is 2. The zero-order valence-corrected chi connectivity index (χ0v) is 13.3. The third-order valence-electron chi connectivity index (χ3n) is 3.64. The van der Waals surface area contributed by atoms with Crippen molar-refractivity contribution < 1.29 is 14.3 Å². The SMILES string of the molecule is C=C(C)COc1ccc(C2(C)NC(=O)N(CCC#N)C2=O)cc1. The summed E-state index contributed by atoms with van der Waals surface area (Å²) in [6.45, 7) is 7.82. The summed E-state index contributed by atoms with van der Waals surface area (Å²) in [5, 5.41) is 11.3. The molecular weight excluding hydrogens is 294 g/mol. The first-order valence-corrected chi connectivity index (χ1v) is 7.27. The Labute approximate surface area is 135 Å². The van der Waals surface area contributed by atoms with Crippen molar-refractivity contribution in [3.63, 3.8) is 0 Å². The van der Waals surface area contributed by atoms with E-state index in [1.807, 2.05) is 13.0 Å². The average molecular weight is 313 g/mol. The lowest BCUT2D eigenvalue weighted by Crippen LogP contribution is -2.40. The first-order valence-electron chi connectivity index (χ1n) is 7.27. The summed E-state index contributed by atoms with van der Waals surface area (Å²) in [5.41, 5.74) is 0.449. The van der Waals surface area contributed by atoms with Gasteiger partial charge in [-0.15, -0.1) is 0 Å². The van der Waals surface area contributed by atoms with Crippen molar-refractivity contribution in [2.24, 2.45) is 0 Å². The van der Waals surface area contributed by atoms with Crippen LogP contribution in [0.5, 0.6) is 5.75 Å². The summed E-state index contributed by atoms with van der Waals surface area (Å²) in [5.74, 6) is 0.312. The van der Waals surface area contributed by atoms with Crippen molar-refractivity contribution in [1.29, 1.82) is 5.26 Å². The Bertz CT molecular complexity index is 675. The molecule has 1 atom stereocenters. The largest absolute Gasteiger partial charge is 0.489 e. The van der Waals surface area contributed by atoms with Crippen molar-refractivity contribution >= 4 is 11.9 Å². The Morgan fingerprint density at radius 3 is 2.61 bits per heavy atom. The lowest BCUT2D eigenvalue weighted by molar-refractivity contribution is -0.131. The van der Waals surface area contributed by atoms with E-state index in [1.54, 1.807) is 31.2 Å².